The summed E-state index contributed by atoms with van der Waals surface area (Å²) in [5.41, 5.74) is 1.84. The molecular formula is C13H13NO2S. The SMILES string of the molecule is CCCC(=O)c1c[nH]c(C=O)c1-c1cccs1. The second-order valence-corrected chi connectivity index (χ2v) is 4.71. The van der Waals surface area contributed by atoms with E-state index in [1.165, 1.54) is 11.3 Å². The Morgan fingerprint density at radius 3 is 2.94 bits per heavy atom. The number of carbonyl (C=O) groups excluding carboxylic acids is 2. The highest BCUT2D eigenvalue weighted by Gasteiger charge is 2.18. The van der Waals surface area contributed by atoms with Gasteiger partial charge in [-0.1, -0.05) is 13.0 Å². The number of aromatic amines is 1. The van der Waals surface area contributed by atoms with Crippen LogP contribution in [0.25, 0.3) is 10.4 Å². The van der Waals surface area contributed by atoms with Gasteiger partial charge in [-0.05, 0) is 17.9 Å². The first-order valence-electron chi connectivity index (χ1n) is 5.51. The van der Waals surface area contributed by atoms with Crippen molar-refractivity contribution in [1.82, 2.24) is 4.98 Å². The number of carbonyl (C=O) groups is 2. The van der Waals surface area contributed by atoms with Crippen LogP contribution in [-0.4, -0.2) is 17.1 Å². The Balaban J connectivity index is 2.50. The van der Waals surface area contributed by atoms with Crippen LogP contribution in [0.4, 0.5) is 0 Å². The zero-order valence-corrected chi connectivity index (χ0v) is 10.3. The van der Waals surface area contributed by atoms with Gasteiger partial charge in [0.2, 0.25) is 0 Å². The first-order valence-corrected chi connectivity index (χ1v) is 6.39. The fourth-order valence-corrected chi connectivity index (χ4v) is 2.60. The average Bonchev–Trinajstić information content (AvgIpc) is 2.97. The summed E-state index contributed by atoms with van der Waals surface area (Å²) >= 11 is 1.53. The first kappa shape index (κ1) is 11.8. The number of aldehydes is 1. The van der Waals surface area contributed by atoms with Crippen LogP contribution < -0.4 is 0 Å². The quantitative estimate of drug-likeness (QED) is 0.649. The lowest BCUT2D eigenvalue weighted by Crippen LogP contribution is -1.98. The number of ketones is 1. The zero-order chi connectivity index (χ0) is 12.3. The van der Waals surface area contributed by atoms with Crippen molar-refractivity contribution in [3.63, 3.8) is 0 Å². The number of nitrogens with one attached hydrogen (secondary N) is 1. The van der Waals surface area contributed by atoms with Crippen LogP contribution in [0.2, 0.25) is 0 Å². The third-order valence-corrected chi connectivity index (χ3v) is 3.46. The molecule has 4 heteroatoms. The van der Waals surface area contributed by atoms with E-state index >= 15 is 0 Å². The van der Waals surface area contributed by atoms with Gasteiger partial charge >= 0.3 is 0 Å². The van der Waals surface area contributed by atoms with Crippen LogP contribution in [0.15, 0.2) is 23.7 Å². The number of thiophene rings is 1. The van der Waals surface area contributed by atoms with Gasteiger partial charge < -0.3 is 4.98 Å². The van der Waals surface area contributed by atoms with Gasteiger partial charge in [0.1, 0.15) is 0 Å². The molecule has 0 amide bonds. The van der Waals surface area contributed by atoms with Gasteiger partial charge in [-0.15, -0.1) is 11.3 Å². The standard InChI is InChI=1S/C13H13NO2S/c1-2-4-11(16)9-7-14-10(8-15)13(9)12-5-3-6-17-12/h3,5-8,14H,2,4H2,1H3. The fraction of sp³-hybridized carbons (Fsp3) is 0.231. The molecule has 0 spiro atoms. The van der Waals surface area contributed by atoms with Gasteiger partial charge in [0.25, 0.3) is 0 Å². The highest BCUT2D eigenvalue weighted by Crippen LogP contribution is 2.31. The van der Waals surface area contributed by atoms with Crippen LogP contribution in [-0.2, 0) is 0 Å². The summed E-state index contributed by atoms with van der Waals surface area (Å²) in [6.07, 6.45) is 3.72. The third-order valence-electron chi connectivity index (χ3n) is 2.57. The van der Waals surface area contributed by atoms with E-state index in [1.54, 1.807) is 6.20 Å². The van der Waals surface area contributed by atoms with E-state index < -0.39 is 0 Å². The van der Waals surface area contributed by atoms with Crippen molar-refractivity contribution in [2.24, 2.45) is 0 Å². The third kappa shape index (κ3) is 2.22. The Kier molecular flexibility index (Phi) is 3.54. The van der Waals surface area contributed by atoms with E-state index in [4.69, 9.17) is 0 Å². The van der Waals surface area contributed by atoms with E-state index in [0.29, 0.717) is 17.7 Å². The number of hydrogen-bond donors (Lipinski definition) is 1. The lowest BCUT2D eigenvalue weighted by Gasteiger charge is -2.01. The van der Waals surface area contributed by atoms with Gasteiger partial charge in [-0.3, -0.25) is 9.59 Å². The van der Waals surface area contributed by atoms with Gasteiger partial charge in [-0.25, -0.2) is 0 Å². The summed E-state index contributed by atoms with van der Waals surface area (Å²) in [6, 6.07) is 3.83. The Morgan fingerprint density at radius 2 is 2.35 bits per heavy atom. The zero-order valence-electron chi connectivity index (χ0n) is 9.53. The molecule has 0 aliphatic carbocycles. The van der Waals surface area contributed by atoms with Crippen molar-refractivity contribution < 1.29 is 9.59 Å². The monoisotopic (exact) mass is 247 g/mol. The Morgan fingerprint density at radius 1 is 1.53 bits per heavy atom. The lowest BCUT2D eigenvalue weighted by atomic mass is 10.0. The molecule has 2 heterocycles. The fourth-order valence-electron chi connectivity index (χ4n) is 1.80. The molecule has 0 fully saturated rings. The second-order valence-electron chi connectivity index (χ2n) is 3.76. The van der Waals surface area contributed by atoms with Crippen LogP contribution in [0.1, 0.15) is 40.6 Å². The maximum Gasteiger partial charge on any atom is 0.166 e. The number of aromatic nitrogens is 1. The maximum atomic E-state index is 12.0. The predicted molar refractivity (Wildman–Crippen MR) is 68.7 cm³/mol. The molecule has 1 N–H and O–H groups in total. The molecule has 88 valence electrons. The van der Waals surface area contributed by atoms with E-state index in [9.17, 15) is 9.59 Å². The molecule has 0 aliphatic heterocycles. The summed E-state index contributed by atoms with van der Waals surface area (Å²) in [4.78, 5) is 26.8. The Bertz CT molecular complexity index is 526. The number of Topliss-reactive ketones (excluding diaryl/α,β-unsaturated/α-hetero) is 1. The average molecular weight is 247 g/mol. The normalized spacial score (nSPS) is 10.4. The van der Waals surface area contributed by atoms with Gasteiger partial charge in [0.05, 0.1) is 5.69 Å². The van der Waals surface area contributed by atoms with Crippen LogP contribution in [0, 0.1) is 0 Å². The van der Waals surface area contributed by atoms with E-state index in [-0.39, 0.29) is 5.78 Å². The summed E-state index contributed by atoms with van der Waals surface area (Å²) in [5.74, 6) is 0.0836. The smallest absolute Gasteiger partial charge is 0.166 e. The second kappa shape index (κ2) is 5.10. The molecule has 0 aromatic carbocycles. The first-order chi connectivity index (χ1) is 8.27. The molecule has 0 bridgehead atoms. The Hall–Kier alpha value is -1.68. The molecule has 0 radical (unpaired) electrons. The van der Waals surface area contributed by atoms with Crippen LogP contribution in [0.5, 0.6) is 0 Å². The summed E-state index contributed by atoms with van der Waals surface area (Å²) in [7, 11) is 0. The molecule has 0 saturated carbocycles. The predicted octanol–water partition coefficient (Wildman–Crippen LogP) is 3.54. The molecule has 0 atom stereocenters. The number of hydrogen-bond acceptors (Lipinski definition) is 3. The largest absolute Gasteiger partial charge is 0.358 e. The maximum absolute atomic E-state index is 12.0. The van der Waals surface area contributed by atoms with Crippen LogP contribution >= 0.6 is 11.3 Å². The molecule has 17 heavy (non-hydrogen) atoms. The van der Waals surface area contributed by atoms with Crippen molar-refractivity contribution in [2.45, 2.75) is 19.8 Å². The minimum Gasteiger partial charge on any atom is -0.358 e. The Labute approximate surface area is 103 Å². The highest BCUT2D eigenvalue weighted by atomic mass is 32.1. The van der Waals surface area contributed by atoms with Gasteiger partial charge in [0.15, 0.2) is 12.1 Å². The van der Waals surface area contributed by atoms with Crippen molar-refractivity contribution in [1.29, 1.82) is 0 Å². The number of rotatable bonds is 5. The van der Waals surface area contributed by atoms with Crippen molar-refractivity contribution >= 4 is 23.4 Å². The molecule has 2 aromatic heterocycles. The van der Waals surface area contributed by atoms with Gasteiger partial charge in [-0.2, -0.15) is 0 Å². The van der Waals surface area contributed by atoms with E-state index in [2.05, 4.69) is 4.98 Å². The van der Waals surface area contributed by atoms with Crippen molar-refractivity contribution in [3.8, 4) is 10.4 Å². The van der Waals surface area contributed by atoms with Crippen molar-refractivity contribution in [2.75, 3.05) is 0 Å². The minimum absolute atomic E-state index is 0.0836. The van der Waals surface area contributed by atoms with Crippen LogP contribution in [0.3, 0.4) is 0 Å². The summed E-state index contributed by atoms with van der Waals surface area (Å²) in [5, 5.41) is 1.94. The molecule has 2 rings (SSSR count). The molecule has 0 unspecified atom stereocenters. The van der Waals surface area contributed by atoms with E-state index in [0.717, 1.165) is 23.1 Å². The topological polar surface area (TPSA) is 49.9 Å². The molecular weight excluding hydrogens is 234 g/mol. The molecule has 2 aromatic rings. The van der Waals surface area contributed by atoms with Crippen molar-refractivity contribution in [3.05, 3.63) is 35.0 Å². The molecule has 0 saturated heterocycles. The molecule has 3 nitrogen and oxygen atoms in total. The number of H-pyrrole nitrogens is 1. The van der Waals surface area contributed by atoms with E-state index in [1.807, 2.05) is 24.4 Å². The summed E-state index contributed by atoms with van der Waals surface area (Å²) < 4.78 is 0. The minimum atomic E-state index is 0.0836. The summed E-state index contributed by atoms with van der Waals surface area (Å²) in [6.45, 7) is 1.97. The highest BCUT2D eigenvalue weighted by molar-refractivity contribution is 7.13. The molecule has 0 aliphatic rings. The van der Waals surface area contributed by atoms with Gasteiger partial charge in [0, 0.05) is 28.6 Å². The lowest BCUT2D eigenvalue weighted by molar-refractivity contribution is 0.0982.